The topological polar surface area (TPSA) is 32.3 Å². The lowest BCUT2D eigenvalue weighted by molar-refractivity contribution is -0.121. The fraction of sp³-hybridized carbons (Fsp3) is 0.417. The zero-order valence-corrected chi connectivity index (χ0v) is 10.5. The molecule has 1 unspecified atom stereocenters. The lowest BCUT2D eigenvalue weighted by atomic mass is 10.0. The Labute approximate surface area is 106 Å². The highest BCUT2D eigenvalue weighted by Gasteiger charge is 2.28. The molecule has 94 valence electrons. The van der Waals surface area contributed by atoms with Gasteiger partial charge in [0.1, 0.15) is 5.82 Å². The number of anilines is 1. The average Bonchev–Trinajstić information content (AvgIpc) is 2.29. The third-order valence-corrected chi connectivity index (χ3v) is 2.91. The Morgan fingerprint density at radius 3 is 2.88 bits per heavy atom. The molecule has 0 saturated carbocycles. The molecular formula is C12H16ClFN2O. The summed E-state index contributed by atoms with van der Waals surface area (Å²) in [6.07, 6.45) is 1.79. The fourth-order valence-corrected chi connectivity index (χ4v) is 2.04. The first-order chi connectivity index (χ1) is 7.72. The number of halogens is 2. The second-order valence-electron chi connectivity index (χ2n) is 3.95. The number of likely N-dealkylation sites (N-methyl/N-ethyl adjacent to an activating group) is 1. The summed E-state index contributed by atoms with van der Waals surface area (Å²) in [5.41, 5.74) is 0.643. The van der Waals surface area contributed by atoms with Gasteiger partial charge in [0.05, 0.1) is 6.04 Å². The lowest BCUT2D eigenvalue weighted by Crippen LogP contribution is -2.49. The highest BCUT2D eigenvalue weighted by atomic mass is 35.5. The molecule has 1 saturated heterocycles. The zero-order valence-electron chi connectivity index (χ0n) is 9.65. The molecule has 0 radical (unpaired) electrons. The highest BCUT2D eigenvalue weighted by molar-refractivity contribution is 5.97. The normalized spacial score (nSPS) is 20.0. The van der Waals surface area contributed by atoms with Crippen LogP contribution in [0.4, 0.5) is 10.1 Å². The third-order valence-electron chi connectivity index (χ3n) is 2.91. The minimum Gasteiger partial charge on any atom is -0.311 e. The van der Waals surface area contributed by atoms with Crippen molar-refractivity contribution in [3.05, 3.63) is 30.1 Å². The smallest absolute Gasteiger partial charge is 0.244 e. The van der Waals surface area contributed by atoms with Crippen LogP contribution in [0.15, 0.2) is 24.3 Å². The molecule has 1 aliphatic heterocycles. The second-order valence-corrected chi connectivity index (χ2v) is 3.95. The fourth-order valence-electron chi connectivity index (χ4n) is 2.04. The van der Waals surface area contributed by atoms with Crippen LogP contribution in [-0.4, -0.2) is 25.5 Å². The van der Waals surface area contributed by atoms with Crippen molar-refractivity contribution in [1.82, 2.24) is 5.32 Å². The van der Waals surface area contributed by atoms with Gasteiger partial charge in [-0.2, -0.15) is 0 Å². The van der Waals surface area contributed by atoms with Crippen LogP contribution in [0.5, 0.6) is 0 Å². The molecule has 17 heavy (non-hydrogen) atoms. The maximum absolute atomic E-state index is 13.1. The Morgan fingerprint density at radius 2 is 2.24 bits per heavy atom. The molecule has 1 amide bonds. The van der Waals surface area contributed by atoms with Crippen LogP contribution in [0.1, 0.15) is 12.8 Å². The van der Waals surface area contributed by atoms with Crippen LogP contribution < -0.4 is 10.2 Å². The van der Waals surface area contributed by atoms with E-state index in [1.807, 2.05) is 0 Å². The predicted molar refractivity (Wildman–Crippen MR) is 68.1 cm³/mol. The van der Waals surface area contributed by atoms with Crippen LogP contribution >= 0.6 is 12.4 Å². The second kappa shape index (κ2) is 5.98. The van der Waals surface area contributed by atoms with E-state index in [-0.39, 0.29) is 30.2 Å². The molecule has 1 heterocycles. The van der Waals surface area contributed by atoms with E-state index < -0.39 is 0 Å². The molecule has 0 bridgehead atoms. The quantitative estimate of drug-likeness (QED) is 0.880. The van der Waals surface area contributed by atoms with Gasteiger partial charge in [-0.25, -0.2) is 4.39 Å². The summed E-state index contributed by atoms with van der Waals surface area (Å²) in [5, 5.41) is 2.98. The first kappa shape index (κ1) is 13.9. The summed E-state index contributed by atoms with van der Waals surface area (Å²) in [7, 11) is 1.78. The van der Waals surface area contributed by atoms with E-state index in [1.54, 1.807) is 24.1 Å². The van der Waals surface area contributed by atoms with Crippen LogP contribution in [-0.2, 0) is 4.79 Å². The molecule has 1 aromatic rings. The monoisotopic (exact) mass is 258 g/mol. The molecular weight excluding hydrogens is 243 g/mol. The molecule has 1 atom stereocenters. The van der Waals surface area contributed by atoms with Crippen LogP contribution in [0.3, 0.4) is 0 Å². The molecule has 1 aromatic carbocycles. The van der Waals surface area contributed by atoms with E-state index >= 15 is 0 Å². The van der Waals surface area contributed by atoms with Crippen molar-refractivity contribution in [1.29, 1.82) is 0 Å². The number of amides is 1. The van der Waals surface area contributed by atoms with E-state index in [4.69, 9.17) is 0 Å². The molecule has 0 spiro atoms. The average molecular weight is 259 g/mol. The molecule has 1 fully saturated rings. The van der Waals surface area contributed by atoms with Crippen molar-refractivity contribution in [2.45, 2.75) is 18.9 Å². The molecule has 0 aromatic heterocycles. The summed E-state index contributed by atoms with van der Waals surface area (Å²) in [6.45, 7) is 0.667. The van der Waals surface area contributed by atoms with Gasteiger partial charge in [-0.1, -0.05) is 6.07 Å². The summed E-state index contributed by atoms with van der Waals surface area (Å²) >= 11 is 0. The first-order valence-electron chi connectivity index (χ1n) is 5.46. The number of benzene rings is 1. The number of rotatable bonds is 2. The SMILES string of the molecule is CNC1CCCN(c2cccc(F)c2)C1=O.Cl. The minimum absolute atomic E-state index is 0. The number of piperidine rings is 1. The maximum Gasteiger partial charge on any atom is 0.244 e. The maximum atomic E-state index is 13.1. The van der Waals surface area contributed by atoms with Crippen molar-refractivity contribution in [2.24, 2.45) is 0 Å². The van der Waals surface area contributed by atoms with E-state index in [0.717, 1.165) is 12.8 Å². The molecule has 0 aliphatic carbocycles. The largest absolute Gasteiger partial charge is 0.311 e. The number of nitrogens with one attached hydrogen (secondary N) is 1. The molecule has 3 nitrogen and oxygen atoms in total. The summed E-state index contributed by atoms with van der Waals surface area (Å²) in [4.78, 5) is 13.7. The van der Waals surface area contributed by atoms with Crippen LogP contribution in [0.25, 0.3) is 0 Å². The molecule has 5 heteroatoms. The van der Waals surface area contributed by atoms with E-state index in [1.165, 1.54) is 12.1 Å². The van der Waals surface area contributed by atoms with Gasteiger partial charge in [-0.3, -0.25) is 4.79 Å². The standard InChI is InChI=1S/C12H15FN2O.ClH/c1-14-11-6-3-7-15(12(11)16)10-5-2-4-9(13)8-10;/h2,4-5,8,11,14H,3,6-7H2,1H3;1H. The van der Waals surface area contributed by atoms with Gasteiger partial charge in [0.25, 0.3) is 0 Å². The van der Waals surface area contributed by atoms with Crippen molar-refractivity contribution in [2.75, 3.05) is 18.5 Å². The number of hydrogen-bond acceptors (Lipinski definition) is 2. The van der Waals surface area contributed by atoms with Crippen LogP contribution in [0, 0.1) is 5.82 Å². The molecule has 2 rings (SSSR count). The van der Waals surface area contributed by atoms with Crippen molar-refractivity contribution in [3.63, 3.8) is 0 Å². The summed E-state index contributed by atoms with van der Waals surface area (Å²) < 4.78 is 13.1. The molecule has 1 aliphatic rings. The predicted octanol–water partition coefficient (Wildman–Crippen LogP) is 1.96. The van der Waals surface area contributed by atoms with E-state index in [0.29, 0.717) is 12.2 Å². The Hall–Kier alpha value is -1.13. The van der Waals surface area contributed by atoms with Gasteiger partial charge in [0, 0.05) is 12.2 Å². The van der Waals surface area contributed by atoms with Crippen molar-refractivity contribution >= 4 is 24.0 Å². The number of carbonyl (C=O) groups excluding carboxylic acids is 1. The third kappa shape index (κ3) is 2.96. The highest BCUT2D eigenvalue weighted by Crippen LogP contribution is 2.21. The van der Waals surface area contributed by atoms with Gasteiger partial charge in [0.2, 0.25) is 5.91 Å². The van der Waals surface area contributed by atoms with Gasteiger partial charge in [-0.05, 0) is 38.1 Å². The Balaban J connectivity index is 0.00000144. The first-order valence-corrected chi connectivity index (χ1v) is 5.46. The zero-order chi connectivity index (χ0) is 11.5. The van der Waals surface area contributed by atoms with E-state index in [2.05, 4.69) is 5.32 Å². The minimum atomic E-state index is -0.308. The van der Waals surface area contributed by atoms with Crippen molar-refractivity contribution in [3.8, 4) is 0 Å². The van der Waals surface area contributed by atoms with Gasteiger partial charge in [0.15, 0.2) is 0 Å². The Kier molecular flexibility index (Phi) is 4.90. The van der Waals surface area contributed by atoms with Gasteiger partial charge >= 0.3 is 0 Å². The number of carbonyl (C=O) groups is 1. The Morgan fingerprint density at radius 1 is 1.47 bits per heavy atom. The lowest BCUT2D eigenvalue weighted by Gasteiger charge is -2.32. The summed E-state index contributed by atoms with van der Waals surface area (Å²) in [6, 6.07) is 6.03. The summed E-state index contributed by atoms with van der Waals surface area (Å²) in [5.74, 6) is -0.281. The van der Waals surface area contributed by atoms with Crippen LogP contribution in [0.2, 0.25) is 0 Å². The van der Waals surface area contributed by atoms with Crippen molar-refractivity contribution < 1.29 is 9.18 Å². The van der Waals surface area contributed by atoms with E-state index in [9.17, 15) is 9.18 Å². The number of nitrogens with zero attached hydrogens (tertiary/aromatic N) is 1. The Bertz CT molecular complexity index is 400. The number of hydrogen-bond donors (Lipinski definition) is 1. The van der Waals surface area contributed by atoms with Gasteiger partial charge in [-0.15, -0.1) is 12.4 Å². The molecule has 1 N–H and O–H groups in total. The van der Waals surface area contributed by atoms with Gasteiger partial charge < -0.3 is 10.2 Å².